The van der Waals surface area contributed by atoms with Crippen molar-refractivity contribution in [1.82, 2.24) is 0 Å². The van der Waals surface area contributed by atoms with Crippen LogP contribution in [0, 0.1) is 0 Å². The van der Waals surface area contributed by atoms with Crippen LogP contribution in [0.2, 0.25) is 0 Å². The highest BCUT2D eigenvalue weighted by Crippen LogP contribution is 2.37. The molecule has 0 saturated carbocycles. The fraction of sp³-hybridized carbons (Fsp3) is 0.357. The maximum absolute atomic E-state index is 12.0. The molecule has 1 aliphatic carbocycles. The second-order valence-corrected chi connectivity index (χ2v) is 5.01. The Morgan fingerprint density at radius 1 is 1.50 bits per heavy atom. The minimum atomic E-state index is 0.0514. The minimum absolute atomic E-state index is 0.0514. The van der Waals surface area contributed by atoms with Gasteiger partial charge in [-0.25, -0.2) is 0 Å². The highest BCUT2D eigenvalue weighted by atomic mass is 79.9. The topological polar surface area (TPSA) is 17.1 Å². The van der Waals surface area contributed by atoms with Gasteiger partial charge < -0.3 is 0 Å². The van der Waals surface area contributed by atoms with Gasteiger partial charge in [0.15, 0.2) is 5.78 Å². The Kier molecular flexibility index (Phi) is 3.59. The third-order valence-electron chi connectivity index (χ3n) is 3.10. The monoisotopic (exact) mass is 278 g/mol. The van der Waals surface area contributed by atoms with Crippen LogP contribution in [-0.2, 0) is 11.2 Å². The average molecular weight is 279 g/mol. The van der Waals surface area contributed by atoms with Gasteiger partial charge in [0.05, 0.1) is 0 Å². The van der Waals surface area contributed by atoms with Crippen LogP contribution in [0.4, 0.5) is 0 Å². The van der Waals surface area contributed by atoms with E-state index >= 15 is 0 Å². The van der Waals surface area contributed by atoms with Gasteiger partial charge in [-0.2, -0.15) is 0 Å². The second-order valence-electron chi connectivity index (χ2n) is 4.16. The summed E-state index contributed by atoms with van der Waals surface area (Å²) in [6.45, 7) is 1.89. The fourth-order valence-electron chi connectivity index (χ4n) is 2.40. The van der Waals surface area contributed by atoms with Gasteiger partial charge in [0.1, 0.15) is 0 Å². The van der Waals surface area contributed by atoms with Crippen molar-refractivity contribution in [2.45, 2.75) is 32.1 Å². The van der Waals surface area contributed by atoms with Crippen LogP contribution in [0.15, 0.2) is 34.8 Å². The first-order valence-corrected chi connectivity index (χ1v) is 6.47. The van der Waals surface area contributed by atoms with E-state index in [4.69, 9.17) is 0 Å². The zero-order chi connectivity index (χ0) is 11.5. The summed E-state index contributed by atoms with van der Waals surface area (Å²) in [4.78, 5) is 12.0. The predicted octanol–water partition coefficient (Wildman–Crippen LogP) is 4.01. The number of carbonyl (C=O) groups is 1. The number of ketones is 1. The van der Waals surface area contributed by atoms with Crippen molar-refractivity contribution in [3.8, 4) is 0 Å². The van der Waals surface area contributed by atoms with Gasteiger partial charge >= 0.3 is 0 Å². The van der Waals surface area contributed by atoms with E-state index in [9.17, 15) is 4.79 Å². The quantitative estimate of drug-likeness (QED) is 0.747. The zero-order valence-corrected chi connectivity index (χ0v) is 11.0. The second kappa shape index (κ2) is 4.96. The van der Waals surface area contributed by atoms with E-state index in [-0.39, 0.29) is 11.7 Å². The Bertz CT molecular complexity index is 434. The summed E-state index contributed by atoms with van der Waals surface area (Å²) in [7, 11) is 0. The molecule has 0 heterocycles. The van der Waals surface area contributed by atoms with Crippen molar-refractivity contribution in [2.75, 3.05) is 0 Å². The number of hydrogen-bond acceptors (Lipinski definition) is 1. The summed E-state index contributed by atoms with van der Waals surface area (Å²) in [5.41, 5.74) is 2.53. The van der Waals surface area contributed by atoms with Gasteiger partial charge in [0, 0.05) is 10.4 Å². The van der Waals surface area contributed by atoms with Crippen LogP contribution < -0.4 is 0 Å². The smallest absolute Gasteiger partial charge is 0.162 e. The van der Waals surface area contributed by atoms with Crippen molar-refractivity contribution in [1.29, 1.82) is 0 Å². The number of rotatable bonds is 2. The molecule has 0 fully saturated rings. The number of benzene rings is 1. The van der Waals surface area contributed by atoms with E-state index in [0.29, 0.717) is 0 Å². The number of carbonyl (C=O) groups excluding carboxylic acids is 1. The molecule has 1 aliphatic rings. The Morgan fingerprint density at radius 3 is 3.06 bits per heavy atom. The third-order valence-corrected chi connectivity index (χ3v) is 3.80. The molecule has 0 N–H and O–H groups in total. The molecule has 84 valence electrons. The summed E-state index contributed by atoms with van der Waals surface area (Å²) in [5.74, 6) is 0.283. The van der Waals surface area contributed by atoms with E-state index in [1.165, 1.54) is 11.1 Å². The highest BCUT2D eigenvalue weighted by Gasteiger charge is 2.26. The summed E-state index contributed by atoms with van der Waals surface area (Å²) >= 11 is 3.57. The molecule has 1 nitrogen and oxygen atoms in total. The summed E-state index contributed by atoms with van der Waals surface area (Å²) in [5, 5.41) is 0. The first-order valence-electron chi connectivity index (χ1n) is 5.68. The van der Waals surface area contributed by atoms with Gasteiger partial charge in [-0.3, -0.25) is 4.79 Å². The normalized spacial score (nSPS) is 19.8. The molecule has 16 heavy (non-hydrogen) atoms. The lowest BCUT2D eigenvalue weighted by Gasteiger charge is -2.24. The van der Waals surface area contributed by atoms with E-state index in [2.05, 4.69) is 22.0 Å². The first kappa shape index (κ1) is 11.6. The fourth-order valence-corrected chi connectivity index (χ4v) is 3.08. The summed E-state index contributed by atoms with van der Waals surface area (Å²) in [6.07, 6.45) is 6.69. The molecule has 0 radical (unpaired) electrons. The summed E-state index contributed by atoms with van der Waals surface area (Å²) < 4.78 is 1.08. The van der Waals surface area contributed by atoms with Crippen molar-refractivity contribution in [3.05, 3.63) is 46.0 Å². The SMILES string of the molecule is C/C=C/C(=O)C1CCCc2cccc(Br)c21. The molecule has 0 aliphatic heterocycles. The van der Waals surface area contributed by atoms with Crippen LogP contribution in [0.5, 0.6) is 0 Å². The molecule has 0 amide bonds. The third kappa shape index (κ3) is 2.12. The van der Waals surface area contributed by atoms with Gasteiger partial charge in [-0.15, -0.1) is 0 Å². The van der Waals surface area contributed by atoms with Crippen molar-refractivity contribution in [3.63, 3.8) is 0 Å². The highest BCUT2D eigenvalue weighted by molar-refractivity contribution is 9.10. The lowest BCUT2D eigenvalue weighted by molar-refractivity contribution is -0.116. The van der Waals surface area contributed by atoms with E-state index in [0.717, 1.165) is 23.7 Å². The predicted molar refractivity (Wildman–Crippen MR) is 69.6 cm³/mol. The molecular formula is C14H15BrO. The summed E-state index contributed by atoms with van der Waals surface area (Å²) in [6, 6.07) is 6.21. The van der Waals surface area contributed by atoms with Crippen molar-refractivity contribution in [2.24, 2.45) is 0 Å². The van der Waals surface area contributed by atoms with Gasteiger partial charge in [0.25, 0.3) is 0 Å². The standard InChI is InChI=1S/C14H15BrO/c1-2-5-13(16)11-8-3-6-10-7-4-9-12(15)14(10)11/h2,4-5,7,9,11H,3,6,8H2,1H3/b5-2+. The Balaban J connectivity index is 2.43. The van der Waals surface area contributed by atoms with Gasteiger partial charge in [-0.1, -0.05) is 34.1 Å². The first-order chi connectivity index (χ1) is 7.74. The molecule has 1 aromatic rings. The molecular weight excluding hydrogens is 264 g/mol. The minimum Gasteiger partial charge on any atom is -0.294 e. The van der Waals surface area contributed by atoms with Crippen LogP contribution in [0.25, 0.3) is 0 Å². The molecule has 1 atom stereocenters. The molecule has 1 aromatic carbocycles. The van der Waals surface area contributed by atoms with Crippen LogP contribution in [-0.4, -0.2) is 5.78 Å². The van der Waals surface area contributed by atoms with Crippen LogP contribution in [0.1, 0.15) is 36.8 Å². The molecule has 1 unspecified atom stereocenters. The molecule has 2 heteroatoms. The number of allylic oxidation sites excluding steroid dienone is 2. The largest absolute Gasteiger partial charge is 0.294 e. The molecule has 0 bridgehead atoms. The number of fused-ring (bicyclic) bond motifs is 1. The number of aryl methyl sites for hydroxylation is 1. The van der Waals surface area contributed by atoms with Crippen molar-refractivity contribution < 1.29 is 4.79 Å². The number of hydrogen-bond donors (Lipinski definition) is 0. The van der Waals surface area contributed by atoms with Crippen LogP contribution in [0.3, 0.4) is 0 Å². The maximum atomic E-state index is 12.0. The Labute approximate surface area is 105 Å². The lowest BCUT2D eigenvalue weighted by atomic mass is 9.80. The van der Waals surface area contributed by atoms with Gasteiger partial charge in [-0.05, 0) is 49.5 Å². The maximum Gasteiger partial charge on any atom is 0.162 e. The van der Waals surface area contributed by atoms with Crippen molar-refractivity contribution >= 4 is 21.7 Å². The molecule has 2 rings (SSSR count). The van der Waals surface area contributed by atoms with E-state index < -0.39 is 0 Å². The number of halogens is 1. The Morgan fingerprint density at radius 2 is 2.31 bits per heavy atom. The molecule has 0 saturated heterocycles. The van der Waals surface area contributed by atoms with E-state index in [1.54, 1.807) is 6.08 Å². The average Bonchev–Trinajstić information content (AvgIpc) is 2.29. The Hall–Kier alpha value is -0.890. The molecule has 0 aromatic heterocycles. The lowest BCUT2D eigenvalue weighted by Crippen LogP contribution is -2.17. The molecule has 0 spiro atoms. The van der Waals surface area contributed by atoms with Gasteiger partial charge in [0.2, 0.25) is 0 Å². The van der Waals surface area contributed by atoms with E-state index in [1.807, 2.05) is 25.1 Å². The zero-order valence-electron chi connectivity index (χ0n) is 9.37. The van der Waals surface area contributed by atoms with Crippen LogP contribution >= 0.6 is 15.9 Å².